The van der Waals surface area contributed by atoms with Gasteiger partial charge in [0, 0.05) is 12.6 Å². The van der Waals surface area contributed by atoms with Crippen molar-refractivity contribution >= 4 is 0 Å². The van der Waals surface area contributed by atoms with E-state index in [1.54, 1.807) is 19.1 Å². The first-order valence-electron chi connectivity index (χ1n) is 5.74. The van der Waals surface area contributed by atoms with Crippen molar-refractivity contribution in [1.82, 2.24) is 5.32 Å². The maximum Gasteiger partial charge on any atom is 0.126 e. The zero-order valence-corrected chi connectivity index (χ0v) is 10.3. The van der Waals surface area contributed by atoms with E-state index >= 15 is 0 Å². The molecule has 0 bridgehead atoms. The average molecular weight is 224 g/mol. The van der Waals surface area contributed by atoms with Gasteiger partial charge in [0.15, 0.2) is 0 Å². The first-order chi connectivity index (χ1) is 7.54. The summed E-state index contributed by atoms with van der Waals surface area (Å²) in [5, 5.41) is 3.34. The van der Waals surface area contributed by atoms with Crippen molar-refractivity contribution in [2.45, 2.75) is 26.8 Å². The van der Waals surface area contributed by atoms with Gasteiger partial charge in [0.25, 0.3) is 0 Å². The minimum atomic E-state index is -0.165. The van der Waals surface area contributed by atoms with Crippen LogP contribution in [0.25, 0.3) is 0 Å². The Balaban J connectivity index is 2.74. The van der Waals surface area contributed by atoms with E-state index in [2.05, 4.69) is 19.2 Å². The standard InChI is InChI=1S/C13H21FN2/c1-9(2)8-16-13(7-15)11-5-4-10(3)12(14)6-11/h4-6,9,13,16H,7-8,15H2,1-3H3. The summed E-state index contributed by atoms with van der Waals surface area (Å²) in [5.41, 5.74) is 7.29. The highest BCUT2D eigenvalue weighted by molar-refractivity contribution is 5.26. The Morgan fingerprint density at radius 1 is 1.38 bits per heavy atom. The molecule has 1 unspecified atom stereocenters. The molecule has 3 heteroatoms. The van der Waals surface area contributed by atoms with Crippen molar-refractivity contribution in [2.75, 3.05) is 13.1 Å². The maximum atomic E-state index is 13.4. The molecule has 0 aromatic heterocycles. The number of rotatable bonds is 5. The molecule has 0 saturated heterocycles. The highest BCUT2D eigenvalue weighted by Crippen LogP contribution is 2.16. The van der Waals surface area contributed by atoms with Gasteiger partial charge < -0.3 is 11.1 Å². The maximum absolute atomic E-state index is 13.4. The van der Waals surface area contributed by atoms with Gasteiger partial charge in [-0.2, -0.15) is 0 Å². The molecule has 0 aliphatic rings. The minimum absolute atomic E-state index is 0.0394. The Labute approximate surface area is 97.0 Å². The highest BCUT2D eigenvalue weighted by Gasteiger charge is 2.11. The molecule has 0 radical (unpaired) electrons. The van der Waals surface area contributed by atoms with Crippen LogP contribution in [0.3, 0.4) is 0 Å². The number of nitrogens with one attached hydrogen (secondary N) is 1. The van der Waals surface area contributed by atoms with Crippen LogP contribution >= 0.6 is 0 Å². The Kier molecular flexibility index (Phi) is 4.90. The monoisotopic (exact) mass is 224 g/mol. The van der Waals surface area contributed by atoms with Gasteiger partial charge in [0.1, 0.15) is 5.82 Å². The molecule has 1 aromatic rings. The molecule has 1 atom stereocenters. The molecule has 3 N–H and O–H groups in total. The lowest BCUT2D eigenvalue weighted by Crippen LogP contribution is -2.31. The van der Waals surface area contributed by atoms with Gasteiger partial charge >= 0.3 is 0 Å². The first-order valence-corrected chi connectivity index (χ1v) is 5.74. The van der Waals surface area contributed by atoms with Gasteiger partial charge in [-0.25, -0.2) is 4.39 Å². The van der Waals surface area contributed by atoms with E-state index in [1.807, 2.05) is 6.07 Å². The Morgan fingerprint density at radius 3 is 2.56 bits per heavy atom. The predicted octanol–water partition coefficient (Wildman–Crippen LogP) is 2.38. The molecular weight excluding hydrogens is 203 g/mol. The third-order valence-electron chi connectivity index (χ3n) is 2.61. The van der Waals surface area contributed by atoms with E-state index in [1.165, 1.54) is 0 Å². The fourth-order valence-electron chi connectivity index (χ4n) is 1.54. The first kappa shape index (κ1) is 13.1. The largest absolute Gasteiger partial charge is 0.329 e. The van der Waals surface area contributed by atoms with Crippen LogP contribution in [-0.4, -0.2) is 13.1 Å². The molecule has 0 aliphatic carbocycles. The normalized spacial score (nSPS) is 13.1. The van der Waals surface area contributed by atoms with Gasteiger partial charge in [0.2, 0.25) is 0 Å². The summed E-state index contributed by atoms with van der Waals surface area (Å²) >= 11 is 0. The molecule has 16 heavy (non-hydrogen) atoms. The molecule has 90 valence electrons. The third-order valence-corrected chi connectivity index (χ3v) is 2.61. The molecule has 0 fully saturated rings. The van der Waals surface area contributed by atoms with Crippen LogP contribution in [0.4, 0.5) is 4.39 Å². The molecule has 0 heterocycles. The number of nitrogens with two attached hydrogens (primary N) is 1. The van der Waals surface area contributed by atoms with Crippen molar-refractivity contribution in [2.24, 2.45) is 11.7 Å². The Morgan fingerprint density at radius 2 is 2.06 bits per heavy atom. The molecule has 2 nitrogen and oxygen atoms in total. The number of aryl methyl sites for hydroxylation is 1. The van der Waals surface area contributed by atoms with Crippen LogP contribution in [0.1, 0.15) is 31.0 Å². The van der Waals surface area contributed by atoms with Gasteiger partial charge in [-0.15, -0.1) is 0 Å². The fraction of sp³-hybridized carbons (Fsp3) is 0.538. The summed E-state index contributed by atoms with van der Waals surface area (Å²) in [7, 11) is 0. The number of hydrogen-bond acceptors (Lipinski definition) is 2. The lowest BCUT2D eigenvalue weighted by atomic mass is 10.0. The second-order valence-corrected chi connectivity index (χ2v) is 4.60. The molecule has 1 aromatic carbocycles. The number of halogens is 1. The lowest BCUT2D eigenvalue weighted by Gasteiger charge is -2.19. The third kappa shape index (κ3) is 3.58. The average Bonchev–Trinajstić information content (AvgIpc) is 2.23. The van der Waals surface area contributed by atoms with Crippen LogP contribution in [0.2, 0.25) is 0 Å². The van der Waals surface area contributed by atoms with Crippen LogP contribution < -0.4 is 11.1 Å². The van der Waals surface area contributed by atoms with E-state index in [0.717, 1.165) is 12.1 Å². The summed E-state index contributed by atoms with van der Waals surface area (Å²) in [6.07, 6.45) is 0. The molecule has 1 rings (SSSR count). The highest BCUT2D eigenvalue weighted by atomic mass is 19.1. The van der Waals surface area contributed by atoms with Gasteiger partial charge in [-0.05, 0) is 36.6 Å². The summed E-state index contributed by atoms with van der Waals surface area (Å²) in [6, 6.07) is 5.34. The SMILES string of the molecule is Cc1ccc(C(CN)NCC(C)C)cc1F. The zero-order chi connectivity index (χ0) is 12.1. The number of benzene rings is 1. The smallest absolute Gasteiger partial charge is 0.126 e. The van der Waals surface area contributed by atoms with Crippen molar-refractivity contribution < 1.29 is 4.39 Å². The summed E-state index contributed by atoms with van der Waals surface area (Å²) in [5.74, 6) is 0.395. The molecule has 0 aliphatic heterocycles. The van der Waals surface area contributed by atoms with Crippen LogP contribution in [0.15, 0.2) is 18.2 Å². The fourth-order valence-corrected chi connectivity index (χ4v) is 1.54. The van der Waals surface area contributed by atoms with E-state index in [-0.39, 0.29) is 11.9 Å². The summed E-state index contributed by atoms with van der Waals surface area (Å²) in [4.78, 5) is 0. The minimum Gasteiger partial charge on any atom is -0.329 e. The van der Waals surface area contributed by atoms with Crippen molar-refractivity contribution in [1.29, 1.82) is 0 Å². The lowest BCUT2D eigenvalue weighted by molar-refractivity contribution is 0.477. The van der Waals surface area contributed by atoms with Gasteiger partial charge in [-0.1, -0.05) is 26.0 Å². The van der Waals surface area contributed by atoms with E-state index in [4.69, 9.17) is 5.73 Å². The Hall–Kier alpha value is -0.930. The topological polar surface area (TPSA) is 38.0 Å². The Bertz CT molecular complexity index is 337. The van der Waals surface area contributed by atoms with E-state index < -0.39 is 0 Å². The van der Waals surface area contributed by atoms with Crippen molar-refractivity contribution in [3.05, 3.63) is 35.1 Å². The van der Waals surface area contributed by atoms with Crippen molar-refractivity contribution in [3.8, 4) is 0 Å². The molecule has 0 spiro atoms. The summed E-state index contributed by atoms with van der Waals surface area (Å²) < 4.78 is 13.4. The van der Waals surface area contributed by atoms with E-state index in [9.17, 15) is 4.39 Å². The summed E-state index contributed by atoms with van der Waals surface area (Å²) in [6.45, 7) is 7.40. The quantitative estimate of drug-likeness (QED) is 0.806. The van der Waals surface area contributed by atoms with E-state index in [0.29, 0.717) is 18.0 Å². The van der Waals surface area contributed by atoms with Crippen LogP contribution in [0, 0.1) is 18.7 Å². The molecule has 0 amide bonds. The predicted molar refractivity (Wildman–Crippen MR) is 65.8 cm³/mol. The van der Waals surface area contributed by atoms with Gasteiger partial charge in [-0.3, -0.25) is 0 Å². The number of hydrogen-bond donors (Lipinski definition) is 2. The van der Waals surface area contributed by atoms with Crippen LogP contribution in [-0.2, 0) is 0 Å². The molecule has 0 saturated carbocycles. The second-order valence-electron chi connectivity index (χ2n) is 4.60. The zero-order valence-electron chi connectivity index (χ0n) is 10.3. The second kappa shape index (κ2) is 5.97. The van der Waals surface area contributed by atoms with Gasteiger partial charge in [0.05, 0.1) is 0 Å². The van der Waals surface area contributed by atoms with Crippen LogP contribution in [0.5, 0.6) is 0 Å². The van der Waals surface area contributed by atoms with Crippen molar-refractivity contribution in [3.63, 3.8) is 0 Å². The molecular formula is C13H21FN2.